The van der Waals surface area contributed by atoms with Crippen LogP contribution in [-0.4, -0.2) is 70.8 Å². The van der Waals surface area contributed by atoms with Crippen LogP contribution in [0.2, 0.25) is 0 Å². The average molecular weight is 469 g/mol. The van der Waals surface area contributed by atoms with E-state index in [1.54, 1.807) is 17.7 Å². The van der Waals surface area contributed by atoms with Gasteiger partial charge in [0.15, 0.2) is 10.8 Å². The van der Waals surface area contributed by atoms with Crippen molar-refractivity contribution in [3.05, 3.63) is 36.7 Å². The molecule has 9 heteroatoms. The van der Waals surface area contributed by atoms with E-state index < -0.39 is 0 Å². The molecule has 0 saturated carbocycles. The van der Waals surface area contributed by atoms with Gasteiger partial charge >= 0.3 is 0 Å². The second-order valence-corrected chi connectivity index (χ2v) is 10.5. The molecule has 2 aliphatic heterocycles. The van der Waals surface area contributed by atoms with E-state index in [0.717, 1.165) is 59.8 Å². The summed E-state index contributed by atoms with van der Waals surface area (Å²) in [5.74, 6) is 1.26. The molecule has 1 aromatic carbocycles. The second kappa shape index (κ2) is 9.62. The predicted octanol–water partition coefficient (Wildman–Crippen LogP) is 3.76. The Morgan fingerprint density at radius 2 is 1.91 bits per heavy atom. The van der Waals surface area contributed by atoms with Crippen molar-refractivity contribution >= 4 is 50.2 Å². The Balaban J connectivity index is 1.20. The van der Waals surface area contributed by atoms with Gasteiger partial charge in [0.25, 0.3) is 0 Å². The Labute approximate surface area is 196 Å². The van der Waals surface area contributed by atoms with Crippen molar-refractivity contribution in [1.82, 2.24) is 19.9 Å². The maximum atomic E-state index is 12.9. The lowest BCUT2D eigenvalue weighted by Gasteiger charge is -2.36. The van der Waals surface area contributed by atoms with Gasteiger partial charge in [0, 0.05) is 45.0 Å². The fourth-order valence-electron chi connectivity index (χ4n) is 4.40. The average Bonchev–Trinajstić information content (AvgIpc) is 3.28. The lowest BCUT2D eigenvalue weighted by atomic mass is 10.0. The molecule has 0 N–H and O–H groups in total. The number of aromatic nitrogens is 3. The van der Waals surface area contributed by atoms with Gasteiger partial charge in [-0.2, -0.15) is 4.98 Å². The van der Waals surface area contributed by atoms with Crippen LogP contribution in [0.1, 0.15) is 19.8 Å². The van der Waals surface area contributed by atoms with Gasteiger partial charge in [0.2, 0.25) is 5.91 Å². The Kier molecular flexibility index (Phi) is 6.45. The Morgan fingerprint density at radius 3 is 2.69 bits per heavy atom. The van der Waals surface area contributed by atoms with Gasteiger partial charge in [0.05, 0.1) is 5.75 Å². The van der Waals surface area contributed by atoms with Gasteiger partial charge < -0.3 is 14.7 Å². The Hall–Kier alpha value is -2.39. The number of thioether (sulfide) groups is 1. The molecular formula is C23H28N6OS2. The summed E-state index contributed by atoms with van der Waals surface area (Å²) >= 11 is 3.16. The van der Waals surface area contributed by atoms with Gasteiger partial charge in [0.1, 0.15) is 16.1 Å². The molecule has 7 nitrogen and oxygen atoms in total. The largest absolute Gasteiger partial charge is 0.368 e. The zero-order chi connectivity index (χ0) is 21.9. The quantitative estimate of drug-likeness (QED) is 0.417. The minimum atomic E-state index is 0.170. The summed E-state index contributed by atoms with van der Waals surface area (Å²) in [6, 6.07) is 10.4. The number of fused-ring (bicyclic) bond motifs is 1. The number of carbonyl (C=O) groups is 1. The SMILES string of the molecule is C[C@@H]1CCCN(c2nc3ncnc(SCC(=O)N4CCN(c5ccccc5)CC4)c3s2)C1. The molecule has 1 atom stereocenters. The summed E-state index contributed by atoms with van der Waals surface area (Å²) in [6.07, 6.45) is 4.05. The third-order valence-corrected chi connectivity index (χ3v) is 8.38. The van der Waals surface area contributed by atoms with Crippen LogP contribution >= 0.6 is 23.1 Å². The van der Waals surface area contributed by atoms with E-state index in [1.165, 1.54) is 30.3 Å². The highest BCUT2D eigenvalue weighted by Gasteiger charge is 2.23. The van der Waals surface area contributed by atoms with Gasteiger partial charge in [-0.25, -0.2) is 9.97 Å². The second-order valence-electron chi connectivity index (χ2n) is 8.51. The molecular weight excluding hydrogens is 440 g/mol. The third kappa shape index (κ3) is 4.68. The van der Waals surface area contributed by atoms with Crippen molar-refractivity contribution in [2.75, 3.05) is 54.8 Å². The zero-order valence-corrected chi connectivity index (χ0v) is 19.9. The molecule has 0 aliphatic carbocycles. The lowest BCUT2D eigenvalue weighted by molar-refractivity contribution is -0.128. The van der Waals surface area contributed by atoms with Crippen molar-refractivity contribution in [2.45, 2.75) is 24.8 Å². The van der Waals surface area contributed by atoms with Crippen molar-refractivity contribution in [3.8, 4) is 0 Å². The van der Waals surface area contributed by atoms with Crippen LogP contribution in [0.5, 0.6) is 0 Å². The standard InChI is InChI=1S/C23H28N6OS2/c1-17-6-5-9-29(14-17)23-26-21-20(32-23)22(25-16-24-21)31-15-19(30)28-12-10-27(11-13-28)18-7-3-2-4-8-18/h2-4,7-8,16-17H,5-6,9-15H2,1H3/t17-/m1/s1. The molecule has 168 valence electrons. The molecule has 0 unspecified atom stereocenters. The first-order valence-electron chi connectivity index (χ1n) is 11.2. The molecule has 5 rings (SSSR count). The number of piperidine rings is 1. The maximum absolute atomic E-state index is 12.9. The number of hydrogen-bond donors (Lipinski definition) is 0. The molecule has 0 spiro atoms. The fraction of sp³-hybridized carbons (Fsp3) is 0.478. The van der Waals surface area contributed by atoms with Crippen molar-refractivity contribution in [1.29, 1.82) is 0 Å². The number of benzene rings is 1. The zero-order valence-electron chi connectivity index (χ0n) is 18.3. The summed E-state index contributed by atoms with van der Waals surface area (Å²) in [7, 11) is 0. The van der Waals surface area contributed by atoms with Gasteiger partial charge in [-0.3, -0.25) is 4.79 Å². The van der Waals surface area contributed by atoms with E-state index in [-0.39, 0.29) is 5.91 Å². The number of rotatable bonds is 5. The number of thiazole rings is 1. The molecule has 0 bridgehead atoms. The van der Waals surface area contributed by atoms with Crippen molar-refractivity contribution in [3.63, 3.8) is 0 Å². The number of para-hydroxylation sites is 1. The van der Waals surface area contributed by atoms with Crippen LogP contribution in [0.25, 0.3) is 10.3 Å². The predicted molar refractivity (Wildman–Crippen MR) is 132 cm³/mol. The molecule has 2 aliphatic rings. The van der Waals surface area contributed by atoms with Crippen LogP contribution in [0.15, 0.2) is 41.7 Å². The molecule has 2 fully saturated rings. The van der Waals surface area contributed by atoms with Gasteiger partial charge in [-0.05, 0) is 30.9 Å². The lowest BCUT2D eigenvalue weighted by Crippen LogP contribution is -2.49. The van der Waals surface area contributed by atoms with Crippen molar-refractivity contribution in [2.24, 2.45) is 5.92 Å². The number of nitrogens with zero attached hydrogens (tertiary/aromatic N) is 6. The summed E-state index contributed by atoms with van der Waals surface area (Å²) in [5.41, 5.74) is 1.96. The van der Waals surface area contributed by atoms with E-state index in [0.29, 0.717) is 11.7 Å². The Bertz CT molecular complexity index is 1070. The summed E-state index contributed by atoms with van der Waals surface area (Å²) in [4.78, 5) is 33.2. The first-order valence-corrected chi connectivity index (χ1v) is 13.0. The van der Waals surface area contributed by atoms with Crippen molar-refractivity contribution < 1.29 is 4.79 Å². The summed E-state index contributed by atoms with van der Waals surface area (Å²) in [5, 5.41) is 1.89. The molecule has 4 heterocycles. The fourth-order valence-corrected chi connectivity index (χ4v) is 6.43. The molecule has 1 amide bonds. The summed E-state index contributed by atoms with van der Waals surface area (Å²) < 4.78 is 0.993. The number of carbonyl (C=O) groups excluding carboxylic acids is 1. The van der Waals surface area contributed by atoms with E-state index in [2.05, 4.69) is 51.0 Å². The van der Waals surface area contributed by atoms with E-state index in [1.807, 2.05) is 11.0 Å². The highest BCUT2D eigenvalue weighted by atomic mass is 32.2. The van der Waals surface area contributed by atoms with Crippen LogP contribution in [0.4, 0.5) is 10.8 Å². The Morgan fingerprint density at radius 1 is 1.09 bits per heavy atom. The monoisotopic (exact) mass is 468 g/mol. The van der Waals surface area contributed by atoms with Gasteiger partial charge in [-0.1, -0.05) is 48.2 Å². The van der Waals surface area contributed by atoms with Gasteiger partial charge in [-0.15, -0.1) is 0 Å². The minimum Gasteiger partial charge on any atom is -0.368 e. The van der Waals surface area contributed by atoms with Crippen LogP contribution in [0.3, 0.4) is 0 Å². The van der Waals surface area contributed by atoms with E-state index >= 15 is 0 Å². The topological polar surface area (TPSA) is 65.5 Å². The van der Waals surface area contributed by atoms with Crippen LogP contribution in [0, 0.1) is 5.92 Å². The summed E-state index contributed by atoms with van der Waals surface area (Å²) in [6.45, 7) is 7.63. The van der Waals surface area contributed by atoms with E-state index in [9.17, 15) is 4.79 Å². The van der Waals surface area contributed by atoms with E-state index in [4.69, 9.17) is 4.98 Å². The third-order valence-electron chi connectivity index (χ3n) is 6.16. The molecule has 0 radical (unpaired) electrons. The number of amides is 1. The number of piperazine rings is 1. The maximum Gasteiger partial charge on any atom is 0.233 e. The molecule has 3 aromatic rings. The van der Waals surface area contributed by atoms with Crippen LogP contribution < -0.4 is 9.80 Å². The smallest absolute Gasteiger partial charge is 0.233 e. The normalized spacial score (nSPS) is 19.5. The molecule has 2 saturated heterocycles. The highest BCUT2D eigenvalue weighted by molar-refractivity contribution is 8.00. The molecule has 2 aromatic heterocycles. The first kappa shape index (κ1) is 21.5. The highest BCUT2D eigenvalue weighted by Crippen LogP contribution is 2.35. The number of anilines is 2. The number of hydrogen-bond acceptors (Lipinski definition) is 8. The van der Waals surface area contributed by atoms with Crippen LogP contribution in [-0.2, 0) is 4.79 Å². The minimum absolute atomic E-state index is 0.170. The molecule has 32 heavy (non-hydrogen) atoms. The first-order chi connectivity index (χ1) is 15.7.